The Hall–Kier alpha value is -1.59. The number of nitrogens with one attached hydrogen (secondary N) is 1. The van der Waals surface area contributed by atoms with E-state index in [1.54, 1.807) is 0 Å². The Bertz CT molecular complexity index is 349. The third-order valence-electron chi connectivity index (χ3n) is 1.50. The van der Waals surface area contributed by atoms with Crippen LogP contribution in [-0.2, 0) is 6.18 Å². The zero-order chi connectivity index (χ0) is 10.8. The summed E-state index contributed by atoms with van der Waals surface area (Å²) in [5.41, 5.74) is -1.32. The molecule has 14 heavy (non-hydrogen) atoms. The lowest BCUT2D eigenvalue weighted by Crippen LogP contribution is -2.21. The van der Waals surface area contributed by atoms with Crippen LogP contribution in [0.5, 0.6) is 0 Å². The highest BCUT2D eigenvalue weighted by Crippen LogP contribution is 2.27. The van der Waals surface area contributed by atoms with Gasteiger partial charge in [-0.15, -0.1) is 0 Å². The van der Waals surface area contributed by atoms with Crippen molar-refractivity contribution >= 4 is 5.91 Å². The lowest BCUT2D eigenvalue weighted by Gasteiger charge is -2.06. The molecule has 0 unspecified atom stereocenters. The molecule has 1 heterocycles. The second-order valence-electron chi connectivity index (χ2n) is 2.48. The quantitative estimate of drug-likeness (QED) is 0.752. The summed E-state index contributed by atoms with van der Waals surface area (Å²) in [5.74, 6) is -0.643. The third-order valence-corrected chi connectivity index (χ3v) is 1.50. The van der Waals surface area contributed by atoms with E-state index < -0.39 is 17.8 Å². The monoisotopic (exact) mass is 204 g/mol. The summed E-state index contributed by atoms with van der Waals surface area (Å²) in [4.78, 5) is 14.1. The molecule has 0 spiro atoms. The second-order valence-corrected chi connectivity index (χ2v) is 2.48. The number of alkyl halides is 3. The first-order valence-corrected chi connectivity index (χ1v) is 3.71. The fourth-order valence-electron chi connectivity index (χ4n) is 0.847. The van der Waals surface area contributed by atoms with Crippen molar-refractivity contribution < 1.29 is 18.0 Å². The van der Waals surface area contributed by atoms with Gasteiger partial charge in [0.25, 0.3) is 5.91 Å². The molecule has 0 saturated carbocycles. The lowest BCUT2D eigenvalue weighted by atomic mass is 10.3. The van der Waals surface area contributed by atoms with Crippen LogP contribution in [0.2, 0.25) is 0 Å². The molecule has 1 amide bonds. The maximum absolute atomic E-state index is 12.1. The minimum absolute atomic E-state index is 0.248. The number of hydrogen-bond donors (Lipinski definition) is 1. The lowest BCUT2D eigenvalue weighted by molar-refractivity contribution is -0.141. The van der Waals surface area contributed by atoms with Crippen LogP contribution in [0.1, 0.15) is 16.2 Å². The molecule has 0 radical (unpaired) electrons. The summed E-state index contributed by atoms with van der Waals surface area (Å²) < 4.78 is 36.4. The molecule has 0 fully saturated rings. The highest BCUT2D eigenvalue weighted by atomic mass is 19.4. The summed E-state index contributed by atoms with van der Waals surface area (Å²) >= 11 is 0. The molecule has 1 aromatic rings. The summed E-state index contributed by atoms with van der Waals surface area (Å²) in [6, 6.07) is 3.17. The SMILES string of the molecule is CNC(=O)c1cccc(C(F)(F)F)n1. The van der Waals surface area contributed by atoms with Crippen molar-refractivity contribution in [1.29, 1.82) is 0 Å². The summed E-state index contributed by atoms with van der Waals surface area (Å²) in [7, 11) is 1.32. The van der Waals surface area contributed by atoms with Gasteiger partial charge >= 0.3 is 6.18 Å². The topological polar surface area (TPSA) is 42.0 Å². The number of carbonyl (C=O) groups excluding carboxylic acids is 1. The average molecular weight is 204 g/mol. The van der Waals surface area contributed by atoms with Gasteiger partial charge in [0.05, 0.1) is 0 Å². The molecule has 0 saturated heterocycles. The second kappa shape index (κ2) is 3.65. The van der Waals surface area contributed by atoms with E-state index in [-0.39, 0.29) is 5.69 Å². The van der Waals surface area contributed by atoms with E-state index in [1.807, 2.05) is 0 Å². The number of nitrogens with zero attached hydrogens (tertiary/aromatic N) is 1. The highest BCUT2D eigenvalue weighted by Gasteiger charge is 2.32. The summed E-state index contributed by atoms with van der Waals surface area (Å²) in [6.45, 7) is 0. The molecule has 0 bridgehead atoms. The van der Waals surface area contributed by atoms with Crippen LogP contribution < -0.4 is 5.32 Å². The van der Waals surface area contributed by atoms with Gasteiger partial charge in [-0.25, -0.2) is 4.98 Å². The van der Waals surface area contributed by atoms with E-state index in [9.17, 15) is 18.0 Å². The van der Waals surface area contributed by atoms with E-state index in [0.29, 0.717) is 0 Å². The van der Waals surface area contributed by atoms with Crippen LogP contribution >= 0.6 is 0 Å². The van der Waals surface area contributed by atoms with Crippen molar-refractivity contribution in [3.63, 3.8) is 0 Å². The van der Waals surface area contributed by atoms with Crippen molar-refractivity contribution in [3.05, 3.63) is 29.6 Å². The van der Waals surface area contributed by atoms with Crippen LogP contribution in [0.25, 0.3) is 0 Å². The predicted octanol–water partition coefficient (Wildman–Crippen LogP) is 1.46. The van der Waals surface area contributed by atoms with Crippen LogP contribution in [0.3, 0.4) is 0 Å². The van der Waals surface area contributed by atoms with E-state index >= 15 is 0 Å². The zero-order valence-electron chi connectivity index (χ0n) is 7.22. The van der Waals surface area contributed by atoms with Crippen LogP contribution in [0, 0.1) is 0 Å². The normalized spacial score (nSPS) is 11.1. The molecule has 0 atom stereocenters. The molecule has 0 aromatic carbocycles. The van der Waals surface area contributed by atoms with Gasteiger partial charge in [0.15, 0.2) is 0 Å². The van der Waals surface area contributed by atoms with E-state index in [0.717, 1.165) is 12.1 Å². The minimum Gasteiger partial charge on any atom is -0.354 e. The Morgan fingerprint density at radius 1 is 1.43 bits per heavy atom. The predicted molar refractivity (Wildman–Crippen MR) is 42.6 cm³/mol. The minimum atomic E-state index is -4.52. The Balaban J connectivity index is 3.08. The van der Waals surface area contributed by atoms with Gasteiger partial charge in [-0.2, -0.15) is 13.2 Å². The zero-order valence-corrected chi connectivity index (χ0v) is 7.22. The van der Waals surface area contributed by atoms with E-state index in [2.05, 4.69) is 10.3 Å². The first-order valence-electron chi connectivity index (χ1n) is 3.71. The maximum atomic E-state index is 12.1. The first-order chi connectivity index (χ1) is 6.45. The van der Waals surface area contributed by atoms with Gasteiger partial charge in [-0.05, 0) is 12.1 Å². The van der Waals surface area contributed by atoms with E-state index in [4.69, 9.17) is 0 Å². The number of hydrogen-bond acceptors (Lipinski definition) is 2. The molecule has 1 rings (SSSR count). The first kappa shape index (κ1) is 10.5. The fraction of sp³-hybridized carbons (Fsp3) is 0.250. The van der Waals surface area contributed by atoms with Gasteiger partial charge < -0.3 is 5.32 Å². The van der Waals surface area contributed by atoms with Crippen LogP contribution in [-0.4, -0.2) is 17.9 Å². The molecular formula is C8H7F3N2O. The molecule has 0 aliphatic rings. The summed E-state index contributed by atoms with van der Waals surface area (Å²) in [6.07, 6.45) is -4.52. The maximum Gasteiger partial charge on any atom is 0.433 e. The van der Waals surface area contributed by atoms with Gasteiger partial charge in [-0.1, -0.05) is 6.07 Å². The van der Waals surface area contributed by atoms with Crippen molar-refractivity contribution in [2.75, 3.05) is 7.05 Å². The molecule has 6 heteroatoms. The number of aromatic nitrogens is 1. The Morgan fingerprint density at radius 3 is 2.57 bits per heavy atom. The number of amides is 1. The molecule has 3 nitrogen and oxygen atoms in total. The number of halogens is 3. The standard InChI is InChI=1S/C8H7F3N2O/c1-12-7(14)5-3-2-4-6(13-5)8(9,10)11/h2-4H,1H3,(H,12,14). The number of pyridine rings is 1. The molecular weight excluding hydrogens is 197 g/mol. The van der Waals surface area contributed by atoms with Crippen LogP contribution in [0.15, 0.2) is 18.2 Å². The van der Waals surface area contributed by atoms with E-state index in [1.165, 1.54) is 13.1 Å². The van der Waals surface area contributed by atoms with Crippen LogP contribution in [0.4, 0.5) is 13.2 Å². The Labute approximate surface area is 78.0 Å². The Morgan fingerprint density at radius 2 is 2.07 bits per heavy atom. The molecule has 1 aromatic heterocycles. The molecule has 76 valence electrons. The summed E-state index contributed by atoms with van der Waals surface area (Å²) in [5, 5.41) is 2.19. The fourth-order valence-corrected chi connectivity index (χ4v) is 0.847. The van der Waals surface area contributed by atoms with Gasteiger partial charge in [0, 0.05) is 7.05 Å². The van der Waals surface area contributed by atoms with Gasteiger partial charge in [0.2, 0.25) is 0 Å². The molecule has 0 aliphatic carbocycles. The molecule has 1 N–H and O–H groups in total. The number of rotatable bonds is 1. The average Bonchev–Trinajstić information content (AvgIpc) is 2.15. The van der Waals surface area contributed by atoms with Gasteiger partial charge in [0.1, 0.15) is 11.4 Å². The van der Waals surface area contributed by atoms with Crippen molar-refractivity contribution in [2.45, 2.75) is 6.18 Å². The highest BCUT2D eigenvalue weighted by molar-refractivity contribution is 5.91. The largest absolute Gasteiger partial charge is 0.433 e. The van der Waals surface area contributed by atoms with Crippen molar-refractivity contribution in [1.82, 2.24) is 10.3 Å². The third kappa shape index (κ3) is 2.21. The molecule has 0 aliphatic heterocycles. The number of carbonyl (C=O) groups is 1. The van der Waals surface area contributed by atoms with Crippen molar-refractivity contribution in [3.8, 4) is 0 Å². The smallest absolute Gasteiger partial charge is 0.354 e. The van der Waals surface area contributed by atoms with Crippen molar-refractivity contribution in [2.24, 2.45) is 0 Å². The Kier molecular flexibility index (Phi) is 2.73. The van der Waals surface area contributed by atoms with Gasteiger partial charge in [-0.3, -0.25) is 4.79 Å².